The summed E-state index contributed by atoms with van der Waals surface area (Å²) < 4.78 is 0. The van der Waals surface area contributed by atoms with Crippen molar-refractivity contribution in [1.82, 2.24) is 0 Å². The first-order valence-corrected chi connectivity index (χ1v) is 6.48. The lowest BCUT2D eigenvalue weighted by atomic mass is 9.87. The van der Waals surface area contributed by atoms with E-state index in [1.165, 1.54) is 51.4 Å². The van der Waals surface area contributed by atoms with E-state index in [0.717, 1.165) is 18.8 Å². The number of nitrogens with two attached hydrogens (primary N) is 1. The highest BCUT2D eigenvalue weighted by Gasteiger charge is 2.11. The number of hydrogen-bond acceptors (Lipinski definition) is 2. The Labute approximate surface area is 93.8 Å². The van der Waals surface area contributed by atoms with Gasteiger partial charge in [-0.2, -0.15) is 5.26 Å². The maximum atomic E-state index is 8.58. The summed E-state index contributed by atoms with van der Waals surface area (Å²) in [5, 5.41) is 8.58. The third-order valence-corrected chi connectivity index (χ3v) is 3.52. The number of nitriles is 1. The molecule has 0 aliphatic heterocycles. The lowest BCUT2D eigenvalue weighted by Crippen LogP contribution is -2.17. The largest absolute Gasteiger partial charge is 0.316 e. The van der Waals surface area contributed by atoms with Gasteiger partial charge in [0.2, 0.25) is 0 Å². The highest BCUT2D eigenvalue weighted by atomic mass is 14.6. The average Bonchev–Trinajstić information content (AvgIpc) is 2.20. The normalized spacial score (nSPS) is 21.3. The van der Waals surface area contributed by atoms with Crippen LogP contribution >= 0.6 is 0 Å². The summed E-state index contributed by atoms with van der Waals surface area (Å²) in [4.78, 5) is 0. The van der Waals surface area contributed by atoms with E-state index in [-0.39, 0.29) is 6.04 Å². The van der Waals surface area contributed by atoms with Crippen LogP contribution in [0.2, 0.25) is 0 Å². The second-order valence-electron chi connectivity index (χ2n) is 4.88. The molecule has 1 unspecified atom stereocenters. The van der Waals surface area contributed by atoms with Gasteiger partial charge in [0, 0.05) is 0 Å². The number of rotatable bonds is 4. The fraction of sp³-hybridized carbons (Fsp3) is 0.923. The summed E-state index contributed by atoms with van der Waals surface area (Å²) in [5.41, 5.74) is 5.58. The van der Waals surface area contributed by atoms with Crippen LogP contribution in [0.15, 0.2) is 0 Å². The first-order chi connectivity index (χ1) is 7.33. The molecule has 15 heavy (non-hydrogen) atoms. The molecule has 1 aliphatic carbocycles. The molecular formula is C13H24N2. The molecule has 0 aromatic heterocycles. The minimum absolute atomic E-state index is 0.237. The van der Waals surface area contributed by atoms with E-state index in [9.17, 15) is 0 Å². The molecule has 1 saturated carbocycles. The highest BCUT2D eigenvalue weighted by Crippen LogP contribution is 2.26. The van der Waals surface area contributed by atoms with Gasteiger partial charge in [-0.3, -0.25) is 0 Å². The van der Waals surface area contributed by atoms with Gasteiger partial charge in [-0.15, -0.1) is 0 Å². The first-order valence-electron chi connectivity index (χ1n) is 6.48. The van der Waals surface area contributed by atoms with Gasteiger partial charge in [-0.25, -0.2) is 0 Å². The van der Waals surface area contributed by atoms with Crippen molar-refractivity contribution in [3.8, 4) is 6.07 Å². The molecule has 2 heteroatoms. The zero-order chi connectivity index (χ0) is 10.9. The van der Waals surface area contributed by atoms with Gasteiger partial charge in [-0.1, -0.05) is 57.8 Å². The second kappa shape index (κ2) is 7.70. The van der Waals surface area contributed by atoms with E-state index in [1.807, 2.05) is 0 Å². The maximum absolute atomic E-state index is 8.58. The van der Waals surface area contributed by atoms with Crippen molar-refractivity contribution < 1.29 is 0 Å². The third-order valence-electron chi connectivity index (χ3n) is 3.52. The SMILES string of the molecule is N#CC(N)CCCC1CCCCCCC1. The summed E-state index contributed by atoms with van der Waals surface area (Å²) in [5.74, 6) is 0.913. The van der Waals surface area contributed by atoms with E-state index < -0.39 is 0 Å². The van der Waals surface area contributed by atoms with Gasteiger partial charge in [0.1, 0.15) is 0 Å². The topological polar surface area (TPSA) is 49.8 Å². The van der Waals surface area contributed by atoms with Crippen molar-refractivity contribution in [1.29, 1.82) is 5.26 Å². The number of nitrogens with zero attached hydrogens (tertiary/aromatic N) is 1. The van der Waals surface area contributed by atoms with Crippen LogP contribution in [-0.4, -0.2) is 6.04 Å². The Hall–Kier alpha value is -0.550. The molecule has 0 heterocycles. The Morgan fingerprint density at radius 3 is 2.33 bits per heavy atom. The first kappa shape index (κ1) is 12.5. The van der Waals surface area contributed by atoms with Crippen molar-refractivity contribution >= 4 is 0 Å². The van der Waals surface area contributed by atoms with Crippen LogP contribution in [0.3, 0.4) is 0 Å². The second-order valence-corrected chi connectivity index (χ2v) is 4.88. The van der Waals surface area contributed by atoms with Gasteiger partial charge in [0.25, 0.3) is 0 Å². The van der Waals surface area contributed by atoms with Gasteiger partial charge >= 0.3 is 0 Å². The maximum Gasteiger partial charge on any atom is 0.0928 e. The van der Waals surface area contributed by atoms with Gasteiger partial charge in [-0.05, 0) is 12.3 Å². The fourth-order valence-electron chi connectivity index (χ4n) is 2.52. The van der Waals surface area contributed by atoms with Crippen LogP contribution < -0.4 is 5.73 Å². The van der Waals surface area contributed by atoms with E-state index >= 15 is 0 Å². The molecule has 0 spiro atoms. The summed E-state index contributed by atoms with van der Waals surface area (Å²) in [6, 6.07) is 1.87. The third kappa shape index (κ3) is 5.79. The predicted octanol–water partition coefficient (Wildman–Crippen LogP) is 3.37. The molecule has 0 bridgehead atoms. The Bertz CT molecular complexity index is 187. The van der Waals surface area contributed by atoms with Gasteiger partial charge < -0.3 is 5.73 Å². The van der Waals surface area contributed by atoms with Crippen molar-refractivity contribution in [3.63, 3.8) is 0 Å². The molecule has 1 aliphatic rings. The fourth-order valence-corrected chi connectivity index (χ4v) is 2.52. The molecule has 86 valence electrons. The highest BCUT2D eigenvalue weighted by molar-refractivity contribution is 4.86. The molecule has 1 atom stereocenters. The Kier molecular flexibility index (Phi) is 6.43. The smallest absolute Gasteiger partial charge is 0.0928 e. The summed E-state index contributed by atoms with van der Waals surface area (Å²) in [7, 11) is 0. The molecule has 1 rings (SSSR count). The molecule has 0 saturated heterocycles. The Morgan fingerprint density at radius 2 is 1.73 bits per heavy atom. The van der Waals surface area contributed by atoms with Gasteiger partial charge in [0.05, 0.1) is 12.1 Å². The lowest BCUT2D eigenvalue weighted by molar-refractivity contribution is 0.347. The van der Waals surface area contributed by atoms with Crippen molar-refractivity contribution in [2.45, 2.75) is 70.3 Å². The minimum atomic E-state index is -0.237. The van der Waals surface area contributed by atoms with Crippen molar-refractivity contribution in [2.75, 3.05) is 0 Å². The molecule has 0 aromatic rings. The lowest BCUT2D eigenvalue weighted by Gasteiger charge is -2.19. The van der Waals surface area contributed by atoms with Crippen LogP contribution in [-0.2, 0) is 0 Å². The van der Waals surface area contributed by atoms with Crippen molar-refractivity contribution in [2.24, 2.45) is 11.7 Å². The molecule has 2 nitrogen and oxygen atoms in total. The molecule has 0 amide bonds. The quantitative estimate of drug-likeness (QED) is 0.770. The van der Waals surface area contributed by atoms with E-state index in [0.29, 0.717) is 0 Å². The van der Waals surface area contributed by atoms with E-state index in [2.05, 4.69) is 6.07 Å². The van der Waals surface area contributed by atoms with E-state index in [1.54, 1.807) is 0 Å². The molecule has 2 N–H and O–H groups in total. The van der Waals surface area contributed by atoms with Crippen LogP contribution in [0.25, 0.3) is 0 Å². The van der Waals surface area contributed by atoms with Crippen molar-refractivity contribution in [3.05, 3.63) is 0 Å². The molecular weight excluding hydrogens is 184 g/mol. The van der Waals surface area contributed by atoms with Crippen LogP contribution in [0.1, 0.15) is 64.2 Å². The van der Waals surface area contributed by atoms with Crippen LogP contribution in [0.5, 0.6) is 0 Å². The van der Waals surface area contributed by atoms with E-state index in [4.69, 9.17) is 11.0 Å². The monoisotopic (exact) mass is 208 g/mol. The zero-order valence-corrected chi connectivity index (χ0v) is 9.75. The van der Waals surface area contributed by atoms with Crippen LogP contribution in [0, 0.1) is 17.2 Å². The average molecular weight is 208 g/mol. The zero-order valence-electron chi connectivity index (χ0n) is 9.75. The standard InChI is InChI=1S/C13H24N2/c14-11-13(15)10-6-9-12-7-4-2-1-3-5-8-12/h12-13H,1-10,15H2. The molecule has 0 aromatic carbocycles. The van der Waals surface area contributed by atoms with Gasteiger partial charge in [0.15, 0.2) is 0 Å². The summed E-state index contributed by atoms with van der Waals surface area (Å²) >= 11 is 0. The summed E-state index contributed by atoms with van der Waals surface area (Å²) in [6.45, 7) is 0. The minimum Gasteiger partial charge on any atom is -0.316 e. The number of hydrogen-bond donors (Lipinski definition) is 1. The summed E-state index contributed by atoms with van der Waals surface area (Å²) in [6.07, 6.45) is 13.2. The molecule has 1 fully saturated rings. The predicted molar refractivity (Wildman–Crippen MR) is 63.2 cm³/mol. The Morgan fingerprint density at radius 1 is 1.13 bits per heavy atom. The molecule has 0 radical (unpaired) electrons. The van der Waals surface area contributed by atoms with Crippen LogP contribution in [0.4, 0.5) is 0 Å². The Balaban J connectivity index is 2.10.